The van der Waals surface area contributed by atoms with E-state index in [4.69, 9.17) is 11.5 Å². The van der Waals surface area contributed by atoms with E-state index < -0.39 is 47.9 Å². The van der Waals surface area contributed by atoms with Gasteiger partial charge >= 0.3 is 5.97 Å². The Balaban J connectivity index is 1.58. The highest BCUT2D eigenvalue weighted by Crippen LogP contribution is 2.20. The zero-order valence-corrected chi connectivity index (χ0v) is 25.2. The number of benzene rings is 2. The molecule has 0 aliphatic heterocycles. The Morgan fingerprint density at radius 3 is 2.17 bits per heavy atom. The maximum Gasteiger partial charge on any atom is 0.326 e. The number of nitrogens with zero attached hydrogens (tertiary/aromatic N) is 1. The summed E-state index contributed by atoms with van der Waals surface area (Å²) in [5.74, 6) is -3.19. The lowest BCUT2D eigenvalue weighted by atomic mass is 10.0. The van der Waals surface area contributed by atoms with E-state index in [1.165, 1.54) is 24.7 Å². The molecule has 0 saturated heterocycles. The third-order valence-corrected chi connectivity index (χ3v) is 7.64. The second-order valence-electron chi connectivity index (χ2n) is 11.1. The van der Waals surface area contributed by atoms with Gasteiger partial charge in [0.2, 0.25) is 17.7 Å². The van der Waals surface area contributed by atoms with Crippen LogP contribution in [0, 0.1) is 0 Å². The summed E-state index contributed by atoms with van der Waals surface area (Å²) in [4.78, 5) is 62.5. The number of carboxylic acids is 1. The molecule has 14 nitrogen and oxygen atoms in total. The number of hydrogen-bond acceptors (Lipinski definition) is 8. The summed E-state index contributed by atoms with van der Waals surface area (Å²) in [7, 11) is 0. The van der Waals surface area contributed by atoms with Crippen LogP contribution in [0.1, 0.15) is 36.1 Å². The minimum absolute atomic E-state index is 0.0172. The highest BCUT2D eigenvalue weighted by atomic mass is 16.4. The van der Waals surface area contributed by atoms with Gasteiger partial charge in [-0.2, -0.15) is 0 Å². The van der Waals surface area contributed by atoms with Crippen molar-refractivity contribution in [2.75, 3.05) is 6.54 Å². The fraction of sp³-hybridized carbons (Fsp3) is 0.344. The van der Waals surface area contributed by atoms with Crippen LogP contribution in [-0.2, 0) is 38.4 Å². The zero-order chi connectivity index (χ0) is 33.1. The summed E-state index contributed by atoms with van der Waals surface area (Å²) < 4.78 is 0. The zero-order valence-electron chi connectivity index (χ0n) is 25.2. The number of nitrogens with one attached hydrogen (secondary N) is 5. The Bertz CT molecular complexity index is 1600. The predicted molar refractivity (Wildman–Crippen MR) is 170 cm³/mol. The highest BCUT2D eigenvalue weighted by Gasteiger charge is 2.31. The predicted octanol–water partition coefficient (Wildman–Crippen LogP) is 0.620. The van der Waals surface area contributed by atoms with E-state index in [-0.39, 0.29) is 25.0 Å². The molecule has 4 aromatic rings. The van der Waals surface area contributed by atoms with Gasteiger partial charge in [-0.05, 0) is 48.7 Å². The van der Waals surface area contributed by atoms with Crippen molar-refractivity contribution in [3.05, 3.63) is 84.1 Å². The van der Waals surface area contributed by atoms with Crippen molar-refractivity contribution in [1.29, 1.82) is 0 Å². The largest absolute Gasteiger partial charge is 0.508 e. The van der Waals surface area contributed by atoms with Gasteiger partial charge in [0.15, 0.2) is 0 Å². The molecule has 4 atom stereocenters. The first kappa shape index (κ1) is 33.7. The smallest absolute Gasteiger partial charge is 0.326 e. The number of phenolic OH excluding ortho intramolecular Hbond substituents is 1. The van der Waals surface area contributed by atoms with E-state index in [0.29, 0.717) is 37.1 Å². The van der Waals surface area contributed by atoms with Gasteiger partial charge in [-0.1, -0.05) is 36.8 Å². The average Bonchev–Trinajstić information content (AvgIpc) is 3.71. The van der Waals surface area contributed by atoms with Crippen LogP contribution in [-0.4, -0.2) is 79.6 Å². The molecule has 0 fully saturated rings. The van der Waals surface area contributed by atoms with E-state index in [2.05, 4.69) is 30.9 Å². The minimum atomic E-state index is -1.32. The van der Waals surface area contributed by atoms with E-state index in [1.54, 1.807) is 18.3 Å². The number of carbonyl (C=O) groups is 4. The molecule has 0 saturated carbocycles. The number of aromatic hydroxyl groups is 1. The topological polar surface area (TPSA) is 241 Å². The van der Waals surface area contributed by atoms with Gasteiger partial charge in [-0.15, -0.1) is 0 Å². The van der Waals surface area contributed by atoms with E-state index in [9.17, 15) is 29.4 Å². The molecule has 0 radical (unpaired) electrons. The summed E-state index contributed by atoms with van der Waals surface area (Å²) in [5.41, 5.74) is 14.4. The van der Waals surface area contributed by atoms with Gasteiger partial charge in [-0.25, -0.2) is 9.78 Å². The normalized spacial score (nSPS) is 13.8. The molecular weight excluding hydrogens is 592 g/mol. The molecule has 2 heterocycles. The molecule has 3 amide bonds. The number of imidazole rings is 1. The molecule has 46 heavy (non-hydrogen) atoms. The molecule has 0 aliphatic carbocycles. The number of nitrogens with two attached hydrogens (primary N) is 2. The number of fused-ring (bicyclic) bond motifs is 1. The number of H-pyrrole nitrogens is 2. The van der Waals surface area contributed by atoms with Crippen molar-refractivity contribution in [1.82, 2.24) is 30.9 Å². The van der Waals surface area contributed by atoms with Gasteiger partial charge < -0.3 is 47.6 Å². The Labute approximate surface area is 265 Å². The van der Waals surface area contributed by atoms with E-state index in [1.807, 2.05) is 24.3 Å². The Hall–Kier alpha value is -5.21. The van der Waals surface area contributed by atoms with Crippen LogP contribution < -0.4 is 27.4 Å². The number of aromatic nitrogens is 3. The maximum atomic E-state index is 13.9. The number of carbonyl (C=O) groups excluding carboxylic acids is 3. The SMILES string of the molecule is NCCCCC(N)C(=O)NC(Cc1c[nH]c2ccccc12)C(=O)NC(Cc1ccc(O)cc1)C(=O)NC(Cc1cnc[nH]1)C(=O)O. The quantitative estimate of drug-likeness (QED) is 0.0740. The third kappa shape index (κ3) is 9.39. The summed E-state index contributed by atoms with van der Waals surface area (Å²) in [6.07, 6.45) is 6.32. The molecule has 4 unspecified atom stereocenters. The number of para-hydroxylation sites is 1. The van der Waals surface area contributed by atoms with Crippen molar-refractivity contribution in [3.63, 3.8) is 0 Å². The van der Waals surface area contributed by atoms with Crippen LogP contribution in [0.15, 0.2) is 67.3 Å². The molecule has 11 N–H and O–H groups in total. The first-order chi connectivity index (χ1) is 22.1. The number of amides is 3. The number of carboxylic acid groups (broad SMARTS) is 1. The lowest BCUT2D eigenvalue weighted by molar-refractivity contribution is -0.142. The van der Waals surface area contributed by atoms with Crippen molar-refractivity contribution >= 4 is 34.6 Å². The summed E-state index contributed by atoms with van der Waals surface area (Å²) >= 11 is 0. The number of aromatic amines is 2. The molecule has 244 valence electrons. The Kier molecular flexibility index (Phi) is 11.9. The number of rotatable bonds is 17. The van der Waals surface area contributed by atoms with Crippen LogP contribution in [0.3, 0.4) is 0 Å². The van der Waals surface area contributed by atoms with Crippen LogP contribution in [0.25, 0.3) is 10.9 Å². The average molecular weight is 633 g/mol. The molecule has 2 aromatic carbocycles. The molecule has 14 heteroatoms. The van der Waals surface area contributed by atoms with Gasteiger partial charge in [-0.3, -0.25) is 14.4 Å². The second kappa shape index (κ2) is 16.2. The van der Waals surface area contributed by atoms with Crippen LogP contribution in [0.2, 0.25) is 0 Å². The third-order valence-electron chi connectivity index (χ3n) is 7.64. The molecule has 2 aromatic heterocycles. The van der Waals surface area contributed by atoms with Gasteiger partial charge in [0.1, 0.15) is 23.9 Å². The highest BCUT2D eigenvalue weighted by molar-refractivity contribution is 5.95. The van der Waals surface area contributed by atoms with Gasteiger partial charge in [0, 0.05) is 48.3 Å². The summed E-state index contributed by atoms with van der Waals surface area (Å²) in [6, 6.07) is 9.03. The number of unbranched alkanes of at least 4 members (excludes halogenated alkanes) is 1. The first-order valence-electron chi connectivity index (χ1n) is 15.0. The summed E-state index contributed by atoms with van der Waals surface area (Å²) in [6.45, 7) is 0.467. The monoisotopic (exact) mass is 632 g/mol. The molecule has 0 aliphatic rings. The maximum absolute atomic E-state index is 13.9. The second-order valence-corrected chi connectivity index (χ2v) is 11.1. The lowest BCUT2D eigenvalue weighted by Gasteiger charge is -2.25. The fourth-order valence-electron chi connectivity index (χ4n) is 5.09. The first-order valence-corrected chi connectivity index (χ1v) is 15.0. The van der Waals surface area contributed by atoms with E-state index in [0.717, 1.165) is 16.5 Å². The van der Waals surface area contributed by atoms with Crippen LogP contribution in [0.4, 0.5) is 0 Å². The lowest BCUT2D eigenvalue weighted by Crippen LogP contribution is -2.58. The van der Waals surface area contributed by atoms with Crippen molar-refractivity contribution in [2.24, 2.45) is 11.5 Å². The van der Waals surface area contributed by atoms with Crippen molar-refractivity contribution in [2.45, 2.75) is 62.7 Å². The minimum Gasteiger partial charge on any atom is -0.508 e. The molecule has 0 bridgehead atoms. The molecule has 0 spiro atoms. The van der Waals surface area contributed by atoms with Crippen molar-refractivity contribution in [3.8, 4) is 5.75 Å². The van der Waals surface area contributed by atoms with Gasteiger partial charge in [0.25, 0.3) is 0 Å². The Morgan fingerprint density at radius 2 is 1.50 bits per heavy atom. The number of aliphatic carboxylic acids is 1. The Morgan fingerprint density at radius 1 is 0.826 bits per heavy atom. The summed E-state index contributed by atoms with van der Waals surface area (Å²) in [5, 5.41) is 28.4. The molecular formula is C32H40N8O6. The fourth-order valence-corrected chi connectivity index (χ4v) is 5.09. The van der Waals surface area contributed by atoms with Crippen LogP contribution >= 0.6 is 0 Å². The number of phenols is 1. The van der Waals surface area contributed by atoms with Crippen molar-refractivity contribution < 1.29 is 29.4 Å². The van der Waals surface area contributed by atoms with Crippen LogP contribution in [0.5, 0.6) is 5.75 Å². The number of hydrogen-bond donors (Lipinski definition) is 9. The van der Waals surface area contributed by atoms with Gasteiger partial charge in [0.05, 0.1) is 12.4 Å². The molecule has 4 rings (SSSR count). The standard InChI is InChI=1S/C32H40N8O6/c33-12-4-3-6-24(34)29(42)38-27(14-20-16-36-25-7-2-1-5-23(20)25)31(44)39-26(13-19-8-10-22(41)11-9-19)30(43)40-28(32(45)46)15-21-17-35-18-37-21/h1-2,5,7-11,16-18,24,26-28,36,41H,3-4,6,12-15,33-34H2,(H,35,37)(H,38,42)(H,39,44)(H,40,43)(H,45,46). The van der Waals surface area contributed by atoms with E-state index >= 15 is 0 Å².